The molecule has 0 aromatic rings. The summed E-state index contributed by atoms with van der Waals surface area (Å²) in [5, 5.41) is 0. The van der Waals surface area contributed by atoms with Crippen molar-refractivity contribution in [3.8, 4) is 0 Å². The minimum Gasteiger partial charge on any atom is -0.756 e. The van der Waals surface area contributed by atoms with Crippen LogP contribution in [0.25, 0.3) is 0 Å². The van der Waals surface area contributed by atoms with Gasteiger partial charge in [0.1, 0.15) is 19.8 Å². The molecule has 2 unspecified atom stereocenters. The summed E-state index contributed by atoms with van der Waals surface area (Å²) in [7, 11) is 1.18. The fourth-order valence-electron chi connectivity index (χ4n) is 12.6. The van der Waals surface area contributed by atoms with Gasteiger partial charge in [-0.05, 0) is 77.0 Å². The number of likely N-dealkylation sites (N-methyl/N-ethyl adjacent to an activating group) is 1. The van der Waals surface area contributed by atoms with Gasteiger partial charge in [0.25, 0.3) is 7.82 Å². The van der Waals surface area contributed by atoms with Gasteiger partial charge in [-0.15, -0.1) is 0 Å². The molecular weight excluding hydrogens is 1250 g/mol. The fraction of sp³-hybridized carbons (Fsp3) is 0.800. The molecule has 0 amide bonds. The van der Waals surface area contributed by atoms with Crippen LogP contribution in [0.3, 0.4) is 0 Å². The molecular formula is C90H164NO8P. The Balaban J connectivity index is 3.92. The van der Waals surface area contributed by atoms with Gasteiger partial charge in [0.05, 0.1) is 27.7 Å². The van der Waals surface area contributed by atoms with Crippen molar-refractivity contribution in [2.75, 3.05) is 47.5 Å². The van der Waals surface area contributed by atoms with Gasteiger partial charge < -0.3 is 27.9 Å². The average Bonchev–Trinajstić information content (AvgIpc) is 1.30. The van der Waals surface area contributed by atoms with Crippen LogP contribution in [-0.4, -0.2) is 70.0 Å². The Morgan fingerprint density at radius 3 is 0.850 bits per heavy atom. The number of nitrogens with zero attached hydrogens (tertiary/aromatic N) is 1. The number of ether oxygens (including phenoxy) is 2. The number of carbonyl (C=O) groups is 2. The molecule has 100 heavy (non-hydrogen) atoms. The average molecular weight is 1420 g/mol. The van der Waals surface area contributed by atoms with Crippen LogP contribution in [0.1, 0.15) is 412 Å². The fourth-order valence-corrected chi connectivity index (χ4v) is 13.4. The summed E-state index contributed by atoms with van der Waals surface area (Å²) >= 11 is 0. The minimum atomic E-state index is -4.65. The number of allylic oxidation sites excluding steroid dienone is 16. The highest BCUT2D eigenvalue weighted by molar-refractivity contribution is 7.45. The first-order valence-corrected chi connectivity index (χ1v) is 44.4. The molecule has 0 aliphatic heterocycles. The summed E-state index contributed by atoms with van der Waals surface area (Å²) in [6, 6.07) is 0. The van der Waals surface area contributed by atoms with E-state index in [4.69, 9.17) is 18.5 Å². The van der Waals surface area contributed by atoms with Crippen LogP contribution in [0.2, 0.25) is 0 Å². The van der Waals surface area contributed by atoms with Crippen LogP contribution < -0.4 is 4.89 Å². The Labute approximate surface area is 621 Å². The molecule has 0 aromatic carbocycles. The standard InChI is InChI=1S/C90H164NO8P/c1-6-8-10-12-14-16-18-20-22-24-26-28-30-32-34-36-38-40-42-43-44-45-46-47-49-51-53-55-57-59-61-63-65-67-69-71-73-75-77-79-81-83-90(93)99-88(87-98-100(94,95)97-85-84-91(3,4)5)86-96-89(92)82-80-78-76-74-72-70-68-66-64-62-60-58-56-54-52-50-48-41-39-37-35-33-31-29-27-25-23-21-19-17-15-13-11-9-7-2/h8,10,14,16,20,22,26,28,32,34,38,40,43-44,46-47,88H,6-7,9,11-13,15,17-19,21,23-25,27,29-31,33,35-37,39,41-42,45,48-87H2,1-5H3/b10-8-,16-14-,22-20-,28-26-,34-32-,40-38-,44-43-,47-46-. The third kappa shape index (κ3) is 83.9. The van der Waals surface area contributed by atoms with Gasteiger partial charge in [-0.2, -0.15) is 0 Å². The topological polar surface area (TPSA) is 111 Å². The molecule has 0 N–H and O–H groups in total. The molecule has 9 nitrogen and oxygen atoms in total. The van der Waals surface area contributed by atoms with Crippen molar-refractivity contribution >= 4 is 19.8 Å². The van der Waals surface area contributed by atoms with Gasteiger partial charge in [0, 0.05) is 12.8 Å². The van der Waals surface area contributed by atoms with Crippen molar-refractivity contribution in [1.82, 2.24) is 0 Å². The molecule has 0 aromatic heterocycles. The molecule has 10 heteroatoms. The number of hydrogen-bond donors (Lipinski definition) is 0. The number of esters is 2. The van der Waals surface area contributed by atoms with E-state index in [9.17, 15) is 19.0 Å². The van der Waals surface area contributed by atoms with E-state index in [0.29, 0.717) is 17.4 Å². The maximum Gasteiger partial charge on any atom is 0.306 e. The highest BCUT2D eigenvalue weighted by atomic mass is 31.2. The van der Waals surface area contributed by atoms with E-state index in [2.05, 4.69) is 111 Å². The lowest BCUT2D eigenvalue weighted by Crippen LogP contribution is -2.37. The number of quaternary nitrogens is 1. The van der Waals surface area contributed by atoms with Crippen LogP contribution in [0, 0.1) is 0 Å². The van der Waals surface area contributed by atoms with Crippen molar-refractivity contribution in [1.29, 1.82) is 0 Å². The quantitative estimate of drug-likeness (QED) is 0.0195. The van der Waals surface area contributed by atoms with Crippen LogP contribution >= 0.6 is 7.82 Å². The molecule has 0 spiro atoms. The number of unbranched alkanes of at least 4 members (excludes halogenated alkanes) is 50. The second kappa shape index (κ2) is 80.0. The summed E-state index contributed by atoms with van der Waals surface area (Å²) in [5.41, 5.74) is 0. The first kappa shape index (κ1) is 96.9. The van der Waals surface area contributed by atoms with E-state index >= 15 is 0 Å². The van der Waals surface area contributed by atoms with Gasteiger partial charge in [-0.1, -0.05) is 419 Å². The number of phosphoric ester groups is 1. The zero-order valence-electron chi connectivity index (χ0n) is 66.6. The second-order valence-electron chi connectivity index (χ2n) is 30.2. The van der Waals surface area contributed by atoms with Crippen LogP contribution in [-0.2, 0) is 32.7 Å². The number of phosphoric acid groups is 1. The Hall–Kier alpha value is -3.07. The van der Waals surface area contributed by atoms with Gasteiger partial charge in [-0.25, -0.2) is 0 Å². The Morgan fingerprint density at radius 1 is 0.320 bits per heavy atom. The molecule has 582 valence electrons. The summed E-state index contributed by atoms with van der Waals surface area (Å²) < 4.78 is 34.5. The van der Waals surface area contributed by atoms with E-state index in [0.717, 1.165) is 89.9 Å². The lowest BCUT2D eigenvalue weighted by atomic mass is 10.0. The highest BCUT2D eigenvalue weighted by Crippen LogP contribution is 2.38. The number of carbonyl (C=O) groups excluding carboxylic acids is 2. The normalized spacial score (nSPS) is 13.5. The van der Waals surface area contributed by atoms with E-state index in [1.165, 1.54) is 289 Å². The Kier molecular flexibility index (Phi) is 77.6. The van der Waals surface area contributed by atoms with Gasteiger partial charge in [0.15, 0.2) is 6.10 Å². The minimum absolute atomic E-state index is 0.0307. The predicted octanol–water partition coefficient (Wildman–Crippen LogP) is 28.3. The Bertz CT molecular complexity index is 2010. The van der Waals surface area contributed by atoms with Gasteiger partial charge in [-0.3, -0.25) is 14.2 Å². The van der Waals surface area contributed by atoms with Crippen LogP contribution in [0.5, 0.6) is 0 Å². The third-order valence-electron chi connectivity index (χ3n) is 19.1. The lowest BCUT2D eigenvalue weighted by molar-refractivity contribution is -0.870. The molecule has 0 radical (unpaired) electrons. The first-order chi connectivity index (χ1) is 49.0. The van der Waals surface area contributed by atoms with Crippen LogP contribution in [0.15, 0.2) is 97.2 Å². The van der Waals surface area contributed by atoms with Crippen molar-refractivity contribution in [3.05, 3.63) is 97.2 Å². The SMILES string of the molecule is CC/C=C\C/C=C\C/C=C\C/C=C\C/C=C\C/C=C\C/C=C\C/C=C\CCCCCCCCCCCCCCCCCCC(=O)OC(COC(=O)CCCCCCCCCCCCCCCCCCCCCCCCCCCCCCCCCCCCC)COP(=O)([O-])OCC[N+](C)(C)C. The van der Waals surface area contributed by atoms with Crippen LogP contribution in [0.4, 0.5) is 0 Å². The molecule has 0 saturated heterocycles. The maximum atomic E-state index is 12.9. The molecule has 0 aliphatic rings. The summed E-state index contributed by atoms with van der Waals surface area (Å²) in [5.74, 6) is -0.814. The van der Waals surface area contributed by atoms with Gasteiger partial charge >= 0.3 is 11.9 Å². The largest absolute Gasteiger partial charge is 0.756 e. The van der Waals surface area contributed by atoms with Crippen molar-refractivity contribution < 1.29 is 42.1 Å². The van der Waals surface area contributed by atoms with Crippen molar-refractivity contribution in [3.63, 3.8) is 0 Å². The molecule has 0 heterocycles. The van der Waals surface area contributed by atoms with E-state index in [1.54, 1.807) is 0 Å². The third-order valence-corrected chi connectivity index (χ3v) is 20.1. The molecule has 2 atom stereocenters. The lowest BCUT2D eigenvalue weighted by Gasteiger charge is -2.28. The smallest absolute Gasteiger partial charge is 0.306 e. The maximum absolute atomic E-state index is 12.9. The van der Waals surface area contributed by atoms with E-state index < -0.39 is 26.5 Å². The monoisotopic (exact) mass is 1420 g/mol. The Morgan fingerprint density at radius 2 is 0.570 bits per heavy atom. The van der Waals surface area contributed by atoms with E-state index in [1.807, 2.05) is 21.1 Å². The predicted molar refractivity (Wildman–Crippen MR) is 434 cm³/mol. The number of rotatable bonds is 80. The number of hydrogen-bond acceptors (Lipinski definition) is 8. The highest BCUT2D eigenvalue weighted by Gasteiger charge is 2.22. The summed E-state index contributed by atoms with van der Waals surface area (Å²) in [6.07, 6.45) is 113. The molecule has 0 bridgehead atoms. The second-order valence-corrected chi connectivity index (χ2v) is 31.6. The molecule has 0 saturated carbocycles. The van der Waals surface area contributed by atoms with Crippen molar-refractivity contribution in [2.24, 2.45) is 0 Å². The zero-order valence-corrected chi connectivity index (χ0v) is 67.5. The first-order valence-electron chi connectivity index (χ1n) is 42.9. The van der Waals surface area contributed by atoms with Crippen molar-refractivity contribution in [2.45, 2.75) is 418 Å². The molecule has 0 rings (SSSR count). The summed E-state index contributed by atoms with van der Waals surface area (Å²) in [4.78, 5) is 38.2. The van der Waals surface area contributed by atoms with Gasteiger partial charge in [0.2, 0.25) is 0 Å². The van der Waals surface area contributed by atoms with E-state index in [-0.39, 0.29) is 32.0 Å². The summed E-state index contributed by atoms with van der Waals surface area (Å²) in [6.45, 7) is 4.19. The zero-order chi connectivity index (χ0) is 72.5. The molecule has 0 fully saturated rings. The molecule has 0 aliphatic carbocycles.